The third-order valence-electron chi connectivity index (χ3n) is 3.04. The Labute approximate surface area is 195 Å². The van der Waals surface area contributed by atoms with E-state index in [9.17, 15) is 4.79 Å². The van der Waals surface area contributed by atoms with Crippen molar-refractivity contribution in [3.8, 4) is 0 Å². The standard InChI is InChI=1S/C14H28.C3H6O.C3H8.C3H6.2C2H6.C2H4/c1-5-7-10-14(4)12-8-11-13(3)9-6-2;1-2-3-4;2*1-3-2;3*1-2/h9,14H,5-8,10-12H2,1-4H3;3H,2H2,1H3;3H2,1-2H3;3H,1H2,2H3;2*1-2H3;1-2H2/b13-9+;;;;;;. The summed E-state index contributed by atoms with van der Waals surface area (Å²) < 4.78 is 0. The first-order valence-electron chi connectivity index (χ1n) is 12.6. The molecule has 30 heavy (non-hydrogen) atoms. The van der Waals surface area contributed by atoms with Crippen LogP contribution < -0.4 is 0 Å². The first-order valence-corrected chi connectivity index (χ1v) is 12.6. The number of hydrogen-bond acceptors (Lipinski definition) is 1. The van der Waals surface area contributed by atoms with Crippen molar-refractivity contribution in [2.24, 2.45) is 5.92 Å². The van der Waals surface area contributed by atoms with Gasteiger partial charge in [0.15, 0.2) is 0 Å². The number of aldehydes is 1. The number of carbonyl (C=O) groups is 1. The zero-order valence-electron chi connectivity index (χ0n) is 23.7. The zero-order chi connectivity index (χ0) is 25.6. The molecule has 0 aliphatic heterocycles. The number of unbranched alkanes of at least 4 members (excludes halogenated alkanes) is 1. The van der Waals surface area contributed by atoms with E-state index >= 15 is 0 Å². The average molecular weight is 429 g/mol. The van der Waals surface area contributed by atoms with E-state index in [4.69, 9.17) is 0 Å². The van der Waals surface area contributed by atoms with E-state index in [0.29, 0.717) is 6.42 Å². The van der Waals surface area contributed by atoms with Crippen LogP contribution >= 0.6 is 0 Å². The fraction of sp³-hybridized carbons (Fsp3) is 0.759. The molecule has 0 fully saturated rings. The van der Waals surface area contributed by atoms with E-state index < -0.39 is 0 Å². The lowest BCUT2D eigenvalue weighted by Crippen LogP contribution is -1.94. The van der Waals surface area contributed by atoms with Gasteiger partial charge in [-0.2, -0.15) is 0 Å². The van der Waals surface area contributed by atoms with Crippen LogP contribution in [0.4, 0.5) is 0 Å². The summed E-state index contributed by atoms with van der Waals surface area (Å²) >= 11 is 0. The summed E-state index contributed by atoms with van der Waals surface area (Å²) in [5.74, 6) is 0.935. The van der Waals surface area contributed by atoms with Crippen molar-refractivity contribution >= 4 is 6.29 Å². The SMILES string of the molecule is C=C.C=CC.CC.CC.CC/C=C(\C)CCCC(C)CCCC.CCC.CCC=O. The molecule has 1 atom stereocenters. The molecule has 0 amide bonds. The van der Waals surface area contributed by atoms with Crippen molar-refractivity contribution in [1.82, 2.24) is 0 Å². The Morgan fingerprint density at radius 2 is 1.20 bits per heavy atom. The highest BCUT2D eigenvalue weighted by Gasteiger charge is 2.01. The third kappa shape index (κ3) is 108. The molecule has 0 spiro atoms. The Morgan fingerprint density at radius 1 is 0.867 bits per heavy atom. The summed E-state index contributed by atoms with van der Waals surface area (Å²) in [5, 5.41) is 0. The van der Waals surface area contributed by atoms with Crippen LogP contribution in [0.25, 0.3) is 0 Å². The summed E-state index contributed by atoms with van der Waals surface area (Å²) in [6, 6.07) is 0. The first-order chi connectivity index (χ1) is 14.4. The van der Waals surface area contributed by atoms with E-state index in [1.165, 1.54) is 51.4 Å². The van der Waals surface area contributed by atoms with E-state index in [0.717, 1.165) is 12.2 Å². The molecule has 0 N–H and O–H groups in total. The summed E-state index contributed by atoms with van der Waals surface area (Å²) in [4.78, 5) is 9.17. The smallest absolute Gasteiger partial charge is 0.119 e. The second-order valence-electron chi connectivity index (χ2n) is 6.29. The molecule has 0 saturated carbocycles. The van der Waals surface area contributed by atoms with E-state index in [-0.39, 0.29) is 0 Å². The molecule has 1 unspecified atom stereocenters. The fourth-order valence-electron chi connectivity index (χ4n) is 1.88. The lowest BCUT2D eigenvalue weighted by molar-refractivity contribution is -0.107. The lowest BCUT2D eigenvalue weighted by atomic mass is 9.96. The van der Waals surface area contributed by atoms with Crippen molar-refractivity contribution in [3.63, 3.8) is 0 Å². The normalized spacial score (nSPS) is 9.13. The van der Waals surface area contributed by atoms with Gasteiger partial charge in [-0.1, -0.05) is 119 Å². The van der Waals surface area contributed by atoms with Gasteiger partial charge >= 0.3 is 0 Å². The summed E-state index contributed by atoms with van der Waals surface area (Å²) in [6.45, 7) is 34.5. The second-order valence-corrected chi connectivity index (χ2v) is 6.29. The van der Waals surface area contributed by atoms with Gasteiger partial charge < -0.3 is 4.79 Å². The van der Waals surface area contributed by atoms with E-state index in [1.54, 1.807) is 11.6 Å². The highest BCUT2D eigenvalue weighted by molar-refractivity contribution is 5.48. The molecular weight excluding hydrogens is 364 g/mol. The summed E-state index contributed by atoms with van der Waals surface area (Å²) in [7, 11) is 0. The van der Waals surface area contributed by atoms with Crippen LogP contribution in [0, 0.1) is 5.92 Å². The molecule has 0 aliphatic carbocycles. The van der Waals surface area contributed by atoms with Crippen LogP contribution in [0.3, 0.4) is 0 Å². The quantitative estimate of drug-likeness (QED) is 0.263. The Bertz CT molecular complexity index is 253. The second kappa shape index (κ2) is 70.7. The first kappa shape index (κ1) is 46.9. The highest BCUT2D eigenvalue weighted by Crippen LogP contribution is 2.17. The van der Waals surface area contributed by atoms with Crippen LogP contribution in [0.5, 0.6) is 0 Å². The Morgan fingerprint density at radius 3 is 1.47 bits per heavy atom. The number of carbonyl (C=O) groups excluding carboxylic acids is 1. The molecule has 0 saturated heterocycles. The predicted molar refractivity (Wildman–Crippen MR) is 149 cm³/mol. The van der Waals surface area contributed by atoms with Crippen molar-refractivity contribution in [3.05, 3.63) is 37.5 Å². The Kier molecular flexibility index (Phi) is 111. The van der Waals surface area contributed by atoms with Gasteiger partial charge in [-0.25, -0.2) is 0 Å². The van der Waals surface area contributed by atoms with Gasteiger partial charge in [0, 0.05) is 6.42 Å². The minimum atomic E-state index is 0.639. The highest BCUT2D eigenvalue weighted by atomic mass is 16.1. The van der Waals surface area contributed by atoms with Crippen LogP contribution in [0.15, 0.2) is 37.5 Å². The maximum absolute atomic E-state index is 9.17. The van der Waals surface area contributed by atoms with E-state index in [2.05, 4.69) is 67.4 Å². The largest absolute Gasteiger partial charge is 0.303 e. The van der Waals surface area contributed by atoms with Gasteiger partial charge in [0.2, 0.25) is 0 Å². The number of rotatable bonds is 9. The van der Waals surface area contributed by atoms with Gasteiger partial charge in [0.1, 0.15) is 6.29 Å². The van der Waals surface area contributed by atoms with Gasteiger partial charge in [0.25, 0.3) is 0 Å². The number of allylic oxidation sites excluding steroid dienone is 3. The van der Waals surface area contributed by atoms with Crippen molar-refractivity contribution in [2.45, 2.75) is 141 Å². The van der Waals surface area contributed by atoms with Crippen molar-refractivity contribution in [2.75, 3.05) is 0 Å². The molecule has 1 heteroatoms. The van der Waals surface area contributed by atoms with Gasteiger partial charge in [-0.05, 0) is 39.0 Å². The maximum Gasteiger partial charge on any atom is 0.119 e. The molecule has 0 bridgehead atoms. The minimum Gasteiger partial charge on any atom is -0.303 e. The molecular formula is C29H64O. The molecule has 0 heterocycles. The molecule has 0 aliphatic rings. The van der Waals surface area contributed by atoms with Gasteiger partial charge in [-0.15, -0.1) is 19.7 Å². The van der Waals surface area contributed by atoms with Crippen LogP contribution in [0.1, 0.15) is 141 Å². The third-order valence-corrected chi connectivity index (χ3v) is 3.04. The van der Waals surface area contributed by atoms with Crippen molar-refractivity contribution < 1.29 is 4.79 Å². The molecule has 0 aromatic rings. The van der Waals surface area contributed by atoms with Crippen molar-refractivity contribution in [1.29, 1.82) is 0 Å². The minimum absolute atomic E-state index is 0.639. The molecule has 186 valence electrons. The lowest BCUT2D eigenvalue weighted by Gasteiger charge is -2.10. The topological polar surface area (TPSA) is 17.1 Å². The van der Waals surface area contributed by atoms with E-state index in [1.807, 2.05) is 41.5 Å². The van der Waals surface area contributed by atoms with Crippen LogP contribution in [0.2, 0.25) is 0 Å². The Balaban J connectivity index is -0.0000000544. The molecule has 1 nitrogen and oxygen atoms in total. The summed E-state index contributed by atoms with van der Waals surface area (Å²) in [5.41, 5.74) is 1.58. The maximum atomic E-state index is 9.17. The molecule has 0 aromatic carbocycles. The number of hydrogen-bond donors (Lipinski definition) is 0. The van der Waals surface area contributed by atoms with Crippen LogP contribution in [-0.4, -0.2) is 6.29 Å². The van der Waals surface area contributed by atoms with Crippen LogP contribution in [-0.2, 0) is 4.79 Å². The molecule has 0 rings (SSSR count). The average Bonchev–Trinajstić information content (AvgIpc) is 2.78. The zero-order valence-corrected chi connectivity index (χ0v) is 23.7. The van der Waals surface area contributed by atoms with Gasteiger partial charge in [0.05, 0.1) is 0 Å². The fourth-order valence-corrected chi connectivity index (χ4v) is 1.88. The predicted octanol–water partition coefficient (Wildman–Crippen LogP) is 11.4. The Hall–Kier alpha value is -1.11. The summed E-state index contributed by atoms with van der Waals surface area (Å²) in [6.07, 6.45) is 16.3. The van der Waals surface area contributed by atoms with Gasteiger partial charge in [-0.3, -0.25) is 0 Å². The molecule has 0 aromatic heterocycles. The molecule has 0 radical (unpaired) electrons. The monoisotopic (exact) mass is 428 g/mol.